The van der Waals surface area contributed by atoms with Gasteiger partial charge >= 0.3 is 11.9 Å². The summed E-state index contributed by atoms with van der Waals surface area (Å²) in [5, 5.41) is 11.5. The van der Waals surface area contributed by atoms with Crippen LogP contribution in [0.3, 0.4) is 0 Å². The van der Waals surface area contributed by atoms with Crippen LogP contribution in [0.2, 0.25) is 0 Å². The van der Waals surface area contributed by atoms with Crippen LogP contribution >= 0.6 is 11.3 Å². The molecule has 1 aliphatic rings. The van der Waals surface area contributed by atoms with Gasteiger partial charge in [-0.05, 0) is 36.8 Å². The Morgan fingerprint density at radius 1 is 1.07 bits per heavy atom. The number of ether oxygens (including phenoxy) is 5. The molecule has 0 aliphatic carbocycles. The highest BCUT2D eigenvalue weighted by Crippen LogP contribution is 2.48. The molecule has 1 aromatic heterocycles. The molecule has 41 heavy (non-hydrogen) atoms. The number of rotatable bonds is 10. The van der Waals surface area contributed by atoms with E-state index in [1.54, 1.807) is 37.3 Å². The minimum Gasteiger partial charge on any atom is -0.507 e. The zero-order valence-corrected chi connectivity index (χ0v) is 23.9. The fraction of sp³-hybridized carbons (Fsp3) is 0.241. The summed E-state index contributed by atoms with van der Waals surface area (Å²) < 4.78 is 26.9. The first-order valence-electron chi connectivity index (χ1n) is 12.2. The Kier molecular flexibility index (Phi) is 8.62. The number of esters is 1. The van der Waals surface area contributed by atoms with E-state index < -0.39 is 29.5 Å². The summed E-state index contributed by atoms with van der Waals surface area (Å²) in [6, 6.07) is 8.40. The number of aliphatic hydroxyl groups is 1. The Hall–Kier alpha value is -4.84. The number of anilines is 1. The molecular formula is C29H28N2O9S. The fourth-order valence-corrected chi connectivity index (χ4v) is 5.39. The lowest BCUT2D eigenvalue weighted by Crippen LogP contribution is -2.29. The monoisotopic (exact) mass is 580 g/mol. The number of ketones is 1. The second-order valence-corrected chi connectivity index (χ2v) is 9.64. The van der Waals surface area contributed by atoms with Crippen molar-refractivity contribution in [2.75, 3.05) is 39.9 Å². The quantitative estimate of drug-likeness (QED) is 0.120. The van der Waals surface area contributed by atoms with Gasteiger partial charge in [-0.1, -0.05) is 36.1 Å². The van der Waals surface area contributed by atoms with Gasteiger partial charge in [-0.15, -0.1) is 0 Å². The number of hydrogen-bond donors (Lipinski definition) is 1. The summed E-state index contributed by atoms with van der Waals surface area (Å²) >= 11 is 0.884. The van der Waals surface area contributed by atoms with Crippen LogP contribution in [0.15, 0.2) is 54.6 Å². The lowest BCUT2D eigenvalue weighted by Gasteiger charge is -2.24. The number of aryl methyl sites for hydroxylation is 1. The molecule has 0 saturated carbocycles. The van der Waals surface area contributed by atoms with Gasteiger partial charge in [0.15, 0.2) is 16.6 Å². The summed E-state index contributed by atoms with van der Waals surface area (Å²) in [6.07, 6.45) is 1.43. The molecule has 0 radical (unpaired) electrons. The van der Waals surface area contributed by atoms with Gasteiger partial charge in [0.25, 0.3) is 5.78 Å². The van der Waals surface area contributed by atoms with Crippen LogP contribution in [-0.4, -0.2) is 62.8 Å². The molecule has 0 spiro atoms. The number of carbonyl (C=O) groups is 3. The minimum absolute atomic E-state index is 0.0119. The average molecular weight is 581 g/mol. The molecule has 3 aromatic rings. The first-order chi connectivity index (χ1) is 19.7. The molecule has 1 fully saturated rings. The standard InChI is InChI=1S/C29H28N2O9S/c1-7-11-40-28(35)26-15(2)30-29(41-26)31-22(17-13-19(37-4)25(39-6)20(14-17)38-5)21(24(33)27(31)34)23(32)16-9-8-10-18(12-16)36-3/h7-10,12-14,22,32H,1,11H2,2-6H3/b23-21+. The highest BCUT2D eigenvalue weighted by molar-refractivity contribution is 7.17. The Labute approximate surface area is 240 Å². The number of benzene rings is 2. The van der Waals surface area contributed by atoms with E-state index in [1.165, 1.54) is 40.6 Å². The van der Waals surface area contributed by atoms with E-state index in [1.807, 2.05) is 0 Å². The molecule has 4 rings (SSSR count). The maximum Gasteiger partial charge on any atom is 0.350 e. The molecule has 214 valence electrons. The molecule has 1 unspecified atom stereocenters. The number of aliphatic hydroxyl groups excluding tert-OH is 1. The van der Waals surface area contributed by atoms with Crippen molar-refractivity contribution in [3.8, 4) is 23.0 Å². The number of nitrogens with zero attached hydrogens (tertiary/aromatic N) is 2. The van der Waals surface area contributed by atoms with Crippen LogP contribution in [0, 0.1) is 6.92 Å². The van der Waals surface area contributed by atoms with Gasteiger partial charge in [0.1, 0.15) is 23.0 Å². The van der Waals surface area contributed by atoms with Crippen LogP contribution in [0.4, 0.5) is 5.13 Å². The van der Waals surface area contributed by atoms with Crippen molar-refractivity contribution >= 4 is 39.9 Å². The molecule has 1 amide bonds. The molecule has 2 aromatic carbocycles. The predicted molar refractivity (Wildman–Crippen MR) is 151 cm³/mol. The zero-order valence-electron chi connectivity index (χ0n) is 23.0. The normalized spacial score (nSPS) is 15.9. The van der Waals surface area contributed by atoms with Gasteiger partial charge in [0, 0.05) is 5.56 Å². The Balaban J connectivity index is 1.98. The first kappa shape index (κ1) is 29.2. The molecule has 1 aliphatic heterocycles. The molecule has 1 saturated heterocycles. The van der Waals surface area contributed by atoms with E-state index in [4.69, 9.17) is 23.7 Å². The number of hydrogen-bond acceptors (Lipinski definition) is 11. The van der Waals surface area contributed by atoms with E-state index >= 15 is 0 Å². The fourth-order valence-electron chi connectivity index (χ4n) is 4.41. The summed E-state index contributed by atoms with van der Waals surface area (Å²) in [5.74, 6) is -1.73. The van der Waals surface area contributed by atoms with E-state index in [0.29, 0.717) is 22.8 Å². The molecule has 1 N–H and O–H groups in total. The predicted octanol–water partition coefficient (Wildman–Crippen LogP) is 4.46. The second-order valence-electron chi connectivity index (χ2n) is 8.66. The van der Waals surface area contributed by atoms with Crippen LogP contribution in [0.1, 0.15) is 32.5 Å². The third-order valence-corrected chi connectivity index (χ3v) is 7.44. The number of thiazole rings is 1. The molecule has 11 nitrogen and oxygen atoms in total. The zero-order chi connectivity index (χ0) is 29.8. The largest absolute Gasteiger partial charge is 0.507 e. The first-order valence-corrected chi connectivity index (χ1v) is 13.0. The Bertz CT molecular complexity index is 1530. The minimum atomic E-state index is -1.18. The summed E-state index contributed by atoms with van der Waals surface area (Å²) in [5.41, 5.74) is 0.703. The molecule has 2 heterocycles. The van der Waals surface area contributed by atoms with Gasteiger partial charge in [-0.25, -0.2) is 9.78 Å². The smallest absolute Gasteiger partial charge is 0.350 e. The number of aromatic nitrogens is 1. The van der Waals surface area contributed by atoms with Gasteiger partial charge < -0.3 is 28.8 Å². The summed E-state index contributed by atoms with van der Waals surface area (Å²) in [6.45, 7) is 5.11. The van der Waals surface area contributed by atoms with Crippen molar-refractivity contribution in [3.05, 3.63) is 76.3 Å². The van der Waals surface area contributed by atoms with E-state index in [2.05, 4.69) is 11.6 Å². The maximum atomic E-state index is 13.6. The highest BCUT2D eigenvalue weighted by Gasteiger charge is 2.49. The van der Waals surface area contributed by atoms with Crippen molar-refractivity contribution in [2.45, 2.75) is 13.0 Å². The average Bonchev–Trinajstić information content (AvgIpc) is 3.50. The number of carbonyl (C=O) groups excluding carboxylic acids is 3. The summed E-state index contributed by atoms with van der Waals surface area (Å²) in [4.78, 5) is 45.5. The molecule has 1 atom stereocenters. The highest BCUT2D eigenvalue weighted by atomic mass is 32.1. The van der Waals surface area contributed by atoms with E-state index in [0.717, 1.165) is 16.2 Å². The van der Waals surface area contributed by atoms with Gasteiger partial charge in [0.05, 0.1) is 45.7 Å². The van der Waals surface area contributed by atoms with Gasteiger partial charge in [-0.2, -0.15) is 0 Å². The van der Waals surface area contributed by atoms with Crippen molar-refractivity contribution < 1.29 is 43.2 Å². The third kappa shape index (κ3) is 5.33. The molecular weight excluding hydrogens is 552 g/mol. The lowest BCUT2D eigenvalue weighted by atomic mass is 9.94. The Morgan fingerprint density at radius 2 is 1.76 bits per heavy atom. The SMILES string of the molecule is C=CCOC(=O)c1sc(N2C(=O)C(=O)/C(=C(/O)c3cccc(OC)c3)C2c2cc(OC)c(OC)c(OC)c2)nc1C. The third-order valence-electron chi connectivity index (χ3n) is 6.30. The Morgan fingerprint density at radius 3 is 2.34 bits per heavy atom. The van der Waals surface area contributed by atoms with Crippen LogP contribution in [0.5, 0.6) is 23.0 Å². The topological polar surface area (TPSA) is 134 Å². The van der Waals surface area contributed by atoms with E-state index in [9.17, 15) is 19.5 Å². The molecule has 12 heteroatoms. The summed E-state index contributed by atoms with van der Waals surface area (Å²) in [7, 11) is 5.77. The van der Waals surface area contributed by atoms with Gasteiger partial charge in [-0.3, -0.25) is 14.5 Å². The number of amides is 1. The van der Waals surface area contributed by atoms with E-state index in [-0.39, 0.29) is 39.3 Å². The number of methoxy groups -OCH3 is 4. The number of Topliss-reactive ketones (excluding diaryl/α,β-unsaturated/α-hetero) is 1. The van der Waals surface area contributed by atoms with Gasteiger partial charge in [0.2, 0.25) is 5.75 Å². The second kappa shape index (κ2) is 12.1. The molecule has 0 bridgehead atoms. The van der Waals surface area contributed by atoms with Crippen molar-refractivity contribution in [2.24, 2.45) is 0 Å². The van der Waals surface area contributed by atoms with Crippen LogP contribution in [0.25, 0.3) is 5.76 Å². The van der Waals surface area contributed by atoms with Crippen LogP contribution < -0.4 is 23.8 Å². The maximum absolute atomic E-state index is 13.6. The lowest BCUT2D eigenvalue weighted by molar-refractivity contribution is -0.132. The van der Waals surface area contributed by atoms with Crippen molar-refractivity contribution in [1.82, 2.24) is 4.98 Å². The van der Waals surface area contributed by atoms with Crippen LogP contribution in [-0.2, 0) is 14.3 Å². The van der Waals surface area contributed by atoms with Crippen molar-refractivity contribution in [3.63, 3.8) is 0 Å². The van der Waals surface area contributed by atoms with Crippen molar-refractivity contribution in [1.29, 1.82) is 0 Å².